The Morgan fingerprint density at radius 3 is 2.41 bits per heavy atom. The summed E-state index contributed by atoms with van der Waals surface area (Å²) in [6.45, 7) is 9.40. The molecular weight excluding hydrogens is 340 g/mol. The van der Waals surface area contributed by atoms with Gasteiger partial charge in [0, 0.05) is 13.2 Å². The molecular formula is C23H40O4. The van der Waals surface area contributed by atoms with Crippen LogP contribution in [-0.2, 0) is 9.53 Å². The first kappa shape index (κ1) is 21.1. The Morgan fingerprint density at radius 2 is 1.85 bits per heavy atom. The van der Waals surface area contributed by atoms with Crippen LogP contribution in [0, 0.1) is 52.3 Å². The number of carbonyl (C=O) groups is 1. The molecule has 0 aromatic rings. The minimum absolute atomic E-state index is 0.0804. The number of methoxy groups -OCH3 is 1. The van der Waals surface area contributed by atoms with Gasteiger partial charge in [-0.15, -0.1) is 0 Å². The van der Waals surface area contributed by atoms with Gasteiger partial charge in [0.2, 0.25) is 0 Å². The summed E-state index contributed by atoms with van der Waals surface area (Å²) in [5.41, 5.74) is -0.364. The predicted octanol–water partition coefficient (Wildman–Crippen LogP) is 3.89. The molecule has 3 rings (SSSR count). The Kier molecular flexibility index (Phi) is 5.99. The lowest BCUT2D eigenvalue weighted by atomic mass is 9.40. The van der Waals surface area contributed by atoms with Gasteiger partial charge in [0.15, 0.2) is 0 Å². The number of rotatable bonds is 4. The normalized spacial score (nSPS) is 47.3. The Hall–Kier alpha value is -0.610. The molecule has 0 unspecified atom stereocenters. The summed E-state index contributed by atoms with van der Waals surface area (Å²) in [4.78, 5) is 12.8. The van der Waals surface area contributed by atoms with Crippen LogP contribution < -0.4 is 0 Å². The van der Waals surface area contributed by atoms with Gasteiger partial charge in [0.1, 0.15) is 0 Å². The quantitative estimate of drug-likeness (QED) is 0.726. The van der Waals surface area contributed by atoms with Gasteiger partial charge in [-0.05, 0) is 85.9 Å². The van der Waals surface area contributed by atoms with Gasteiger partial charge in [-0.1, -0.05) is 27.2 Å². The molecule has 3 aliphatic carbocycles. The summed E-state index contributed by atoms with van der Waals surface area (Å²) in [7, 11) is 1.50. The molecule has 0 heterocycles. The van der Waals surface area contributed by atoms with Crippen molar-refractivity contribution in [1.29, 1.82) is 0 Å². The Labute approximate surface area is 165 Å². The van der Waals surface area contributed by atoms with Crippen LogP contribution in [0.4, 0.5) is 0 Å². The number of fused-ring (bicyclic) bond motifs is 3. The van der Waals surface area contributed by atoms with Crippen molar-refractivity contribution in [2.45, 2.75) is 66.2 Å². The maximum Gasteiger partial charge on any atom is 0.311 e. The molecule has 4 nitrogen and oxygen atoms in total. The number of aliphatic hydroxyl groups is 2. The van der Waals surface area contributed by atoms with E-state index in [0.717, 1.165) is 38.5 Å². The second-order valence-corrected chi connectivity index (χ2v) is 10.5. The van der Waals surface area contributed by atoms with Crippen molar-refractivity contribution in [3.8, 4) is 0 Å². The van der Waals surface area contributed by atoms with Gasteiger partial charge in [-0.3, -0.25) is 4.79 Å². The summed E-state index contributed by atoms with van der Waals surface area (Å²) in [5.74, 6) is 2.54. The molecule has 8 atom stereocenters. The lowest BCUT2D eigenvalue weighted by molar-refractivity contribution is -0.194. The molecule has 4 heteroatoms. The molecule has 2 N–H and O–H groups in total. The van der Waals surface area contributed by atoms with Crippen molar-refractivity contribution >= 4 is 5.97 Å². The standard InChI is InChI=1S/C23H40O4/c1-14(2)16-7-8-18-20(17(16)13-25)15(12-24)11-19-22(18,3)9-6-10-23(19,4)21(26)27-5/h14-20,24-25H,6-13H2,1-5H3/t15-,16+,17+,18-,19+,20+,22+,23+/m0/s1. The molecule has 27 heavy (non-hydrogen) atoms. The lowest BCUT2D eigenvalue weighted by Gasteiger charge is -2.64. The van der Waals surface area contributed by atoms with Crippen LogP contribution in [0.3, 0.4) is 0 Å². The number of aliphatic hydroxyl groups excluding tert-OH is 2. The van der Waals surface area contributed by atoms with Crippen molar-refractivity contribution in [2.75, 3.05) is 20.3 Å². The minimum atomic E-state index is -0.455. The van der Waals surface area contributed by atoms with E-state index in [9.17, 15) is 15.0 Å². The molecule has 0 bridgehead atoms. The van der Waals surface area contributed by atoms with Gasteiger partial charge in [0.05, 0.1) is 12.5 Å². The Morgan fingerprint density at radius 1 is 1.15 bits per heavy atom. The van der Waals surface area contributed by atoms with Gasteiger partial charge >= 0.3 is 5.97 Å². The first-order valence-electron chi connectivity index (χ1n) is 11.0. The van der Waals surface area contributed by atoms with Crippen LogP contribution in [0.15, 0.2) is 0 Å². The van der Waals surface area contributed by atoms with Crippen molar-refractivity contribution in [3.63, 3.8) is 0 Å². The highest BCUT2D eigenvalue weighted by Gasteiger charge is 2.63. The first-order chi connectivity index (χ1) is 12.7. The second-order valence-electron chi connectivity index (χ2n) is 10.5. The van der Waals surface area contributed by atoms with E-state index < -0.39 is 5.41 Å². The molecule has 0 aromatic carbocycles. The summed E-state index contributed by atoms with van der Waals surface area (Å²) in [5, 5.41) is 20.6. The summed E-state index contributed by atoms with van der Waals surface area (Å²) in [6.07, 6.45) is 6.27. The molecule has 0 amide bonds. The zero-order chi connectivity index (χ0) is 20.0. The van der Waals surface area contributed by atoms with Crippen LogP contribution in [0.2, 0.25) is 0 Å². The monoisotopic (exact) mass is 380 g/mol. The van der Waals surface area contributed by atoms with Crippen molar-refractivity contribution in [2.24, 2.45) is 52.3 Å². The number of esters is 1. The zero-order valence-electron chi connectivity index (χ0n) is 17.9. The minimum Gasteiger partial charge on any atom is -0.469 e. The topological polar surface area (TPSA) is 66.8 Å². The van der Waals surface area contributed by atoms with E-state index in [1.54, 1.807) is 0 Å². The van der Waals surface area contributed by atoms with Crippen molar-refractivity contribution in [1.82, 2.24) is 0 Å². The summed E-state index contributed by atoms with van der Waals surface area (Å²) < 4.78 is 5.24. The lowest BCUT2D eigenvalue weighted by Crippen LogP contribution is -2.61. The van der Waals surface area contributed by atoms with E-state index in [4.69, 9.17) is 4.74 Å². The number of ether oxygens (including phenoxy) is 1. The summed E-state index contributed by atoms with van der Waals surface area (Å²) in [6, 6.07) is 0. The van der Waals surface area contributed by atoms with E-state index in [2.05, 4.69) is 27.7 Å². The molecule has 3 saturated carbocycles. The zero-order valence-corrected chi connectivity index (χ0v) is 17.9. The van der Waals surface area contributed by atoms with Crippen molar-refractivity contribution < 1.29 is 19.7 Å². The number of hydrogen-bond donors (Lipinski definition) is 2. The van der Waals surface area contributed by atoms with Crippen LogP contribution in [0.25, 0.3) is 0 Å². The Balaban J connectivity index is 2.01. The van der Waals surface area contributed by atoms with E-state index in [-0.39, 0.29) is 42.4 Å². The Bertz CT molecular complexity index is 546. The SMILES string of the molecule is COC(=O)[C@]1(C)CCC[C@@]2(C)[C@H]1C[C@@H](CO)[C@@H]1[C@H](CO)[C@@H](C(C)C)CC[C@@H]12. The first-order valence-corrected chi connectivity index (χ1v) is 11.0. The van der Waals surface area contributed by atoms with Crippen LogP contribution in [-0.4, -0.2) is 36.5 Å². The third-order valence-corrected chi connectivity index (χ3v) is 9.18. The van der Waals surface area contributed by atoms with Gasteiger partial charge < -0.3 is 14.9 Å². The summed E-state index contributed by atoms with van der Waals surface area (Å²) >= 11 is 0. The van der Waals surface area contributed by atoms with Crippen molar-refractivity contribution in [3.05, 3.63) is 0 Å². The van der Waals surface area contributed by atoms with Crippen LogP contribution in [0.1, 0.15) is 66.2 Å². The molecule has 0 aliphatic heterocycles. The second kappa shape index (κ2) is 7.67. The van der Waals surface area contributed by atoms with E-state index in [0.29, 0.717) is 23.7 Å². The van der Waals surface area contributed by atoms with E-state index >= 15 is 0 Å². The molecule has 0 aromatic heterocycles. The number of hydrogen-bond acceptors (Lipinski definition) is 4. The predicted molar refractivity (Wildman–Crippen MR) is 106 cm³/mol. The van der Waals surface area contributed by atoms with E-state index in [1.807, 2.05) is 0 Å². The molecule has 0 saturated heterocycles. The maximum absolute atomic E-state index is 12.8. The highest BCUT2D eigenvalue weighted by molar-refractivity contribution is 5.77. The fourth-order valence-corrected chi connectivity index (χ4v) is 7.91. The smallest absolute Gasteiger partial charge is 0.311 e. The third-order valence-electron chi connectivity index (χ3n) is 9.18. The number of carbonyl (C=O) groups excluding carboxylic acids is 1. The molecule has 0 radical (unpaired) electrons. The van der Waals surface area contributed by atoms with Crippen LogP contribution >= 0.6 is 0 Å². The average molecular weight is 381 g/mol. The van der Waals surface area contributed by atoms with Gasteiger partial charge in [-0.25, -0.2) is 0 Å². The molecule has 3 fully saturated rings. The fourth-order valence-electron chi connectivity index (χ4n) is 7.91. The maximum atomic E-state index is 12.8. The van der Waals surface area contributed by atoms with Gasteiger partial charge in [0.25, 0.3) is 0 Å². The van der Waals surface area contributed by atoms with E-state index in [1.165, 1.54) is 7.11 Å². The largest absolute Gasteiger partial charge is 0.469 e. The average Bonchev–Trinajstić information content (AvgIpc) is 2.65. The van der Waals surface area contributed by atoms with Crippen LogP contribution in [0.5, 0.6) is 0 Å². The molecule has 156 valence electrons. The fraction of sp³-hybridized carbons (Fsp3) is 0.957. The molecule has 0 spiro atoms. The highest BCUT2D eigenvalue weighted by Crippen LogP contribution is 2.66. The highest BCUT2D eigenvalue weighted by atomic mass is 16.5. The molecule has 3 aliphatic rings. The third kappa shape index (κ3) is 3.15. The van der Waals surface area contributed by atoms with Gasteiger partial charge in [-0.2, -0.15) is 0 Å².